The largest absolute Gasteiger partial charge is 0.453 e. The molecule has 106 valence electrons. The first kappa shape index (κ1) is 13.3. The minimum absolute atomic E-state index is 0.117. The van der Waals surface area contributed by atoms with Crippen LogP contribution in [0.1, 0.15) is 9.67 Å². The molecule has 0 aliphatic heterocycles. The van der Waals surface area contributed by atoms with Gasteiger partial charge in [-0.25, -0.2) is 4.79 Å². The van der Waals surface area contributed by atoms with Crippen molar-refractivity contribution in [2.24, 2.45) is 0 Å². The highest BCUT2D eigenvalue weighted by Crippen LogP contribution is 2.27. The molecule has 1 amide bonds. The van der Waals surface area contributed by atoms with E-state index in [1.807, 2.05) is 11.4 Å². The molecule has 0 aromatic carbocycles. The Morgan fingerprint density at radius 3 is 3.05 bits per heavy atom. The number of aromatic nitrogens is 3. The zero-order chi connectivity index (χ0) is 14.8. The van der Waals surface area contributed by atoms with Gasteiger partial charge in [0.15, 0.2) is 12.1 Å². The van der Waals surface area contributed by atoms with Crippen molar-refractivity contribution in [3.8, 4) is 11.4 Å². The molecule has 0 saturated heterocycles. The molecule has 0 radical (unpaired) electrons. The van der Waals surface area contributed by atoms with Crippen molar-refractivity contribution in [2.45, 2.75) is 0 Å². The van der Waals surface area contributed by atoms with Crippen LogP contribution in [0.3, 0.4) is 0 Å². The molecule has 0 saturated carbocycles. The standard InChI is InChI=1S/C13H10N4O3S/c1-20-13(19)16-12-14-10-3-2-5-17(10)11(15-12)8-4-6-21-9(8)7-18/h2-7H,1H3,(H,14,16,19). The molecule has 3 rings (SSSR count). The van der Waals surface area contributed by atoms with Crippen LogP contribution in [0, 0.1) is 0 Å². The zero-order valence-corrected chi connectivity index (χ0v) is 11.8. The van der Waals surface area contributed by atoms with Gasteiger partial charge in [-0.05, 0) is 23.6 Å². The lowest BCUT2D eigenvalue weighted by Gasteiger charge is -2.08. The molecule has 0 aliphatic carbocycles. The van der Waals surface area contributed by atoms with Gasteiger partial charge >= 0.3 is 6.09 Å². The van der Waals surface area contributed by atoms with Gasteiger partial charge < -0.3 is 4.74 Å². The summed E-state index contributed by atoms with van der Waals surface area (Å²) in [6.45, 7) is 0. The predicted molar refractivity (Wildman–Crippen MR) is 77.7 cm³/mol. The molecule has 0 spiro atoms. The molecule has 0 unspecified atom stereocenters. The van der Waals surface area contributed by atoms with Gasteiger partial charge in [-0.15, -0.1) is 11.3 Å². The molecule has 1 N–H and O–H groups in total. The number of aldehydes is 1. The number of carbonyl (C=O) groups excluding carboxylic acids is 2. The summed E-state index contributed by atoms with van der Waals surface area (Å²) in [4.78, 5) is 31.5. The Hall–Kier alpha value is -2.74. The van der Waals surface area contributed by atoms with E-state index < -0.39 is 6.09 Å². The van der Waals surface area contributed by atoms with Crippen LogP contribution in [0.5, 0.6) is 0 Å². The fourth-order valence-corrected chi connectivity index (χ4v) is 2.61. The van der Waals surface area contributed by atoms with Crippen molar-refractivity contribution < 1.29 is 14.3 Å². The zero-order valence-electron chi connectivity index (χ0n) is 10.9. The maximum atomic E-state index is 11.3. The van der Waals surface area contributed by atoms with E-state index in [0.29, 0.717) is 21.9 Å². The smallest absolute Gasteiger partial charge is 0.413 e. The lowest BCUT2D eigenvalue weighted by atomic mass is 10.2. The molecular weight excluding hydrogens is 292 g/mol. The van der Waals surface area contributed by atoms with E-state index in [1.54, 1.807) is 22.7 Å². The maximum absolute atomic E-state index is 11.3. The number of rotatable bonds is 3. The van der Waals surface area contributed by atoms with Crippen LogP contribution in [-0.2, 0) is 4.74 Å². The summed E-state index contributed by atoms with van der Waals surface area (Å²) in [5, 5.41) is 4.24. The molecule has 21 heavy (non-hydrogen) atoms. The number of methoxy groups -OCH3 is 1. The van der Waals surface area contributed by atoms with Crippen LogP contribution in [0.25, 0.3) is 17.0 Å². The van der Waals surface area contributed by atoms with Crippen LogP contribution in [0.15, 0.2) is 29.8 Å². The minimum atomic E-state index is -0.655. The number of amides is 1. The molecule has 0 atom stereocenters. The average molecular weight is 302 g/mol. The van der Waals surface area contributed by atoms with Crippen LogP contribution in [0.2, 0.25) is 0 Å². The normalized spacial score (nSPS) is 10.5. The lowest BCUT2D eigenvalue weighted by Crippen LogP contribution is -2.14. The van der Waals surface area contributed by atoms with E-state index in [9.17, 15) is 9.59 Å². The van der Waals surface area contributed by atoms with Crippen molar-refractivity contribution in [2.75, 3.05) is 12.4 Å². The van der Waals surface area contributed by atoms with Gasteiger partial charge in [0.05, 0.1) is 12.0 Å². The van der Waals surface area contributed by atoms with Crippen LogP contribution in [-0.4, -0.2) is 33.9 Å². The highest BCUT2D eigenvalue weighted by molar-refractivity contribution is 7.12. The van der Waals surface area contributed by atoms with Gasteiger partial charge in [0.2, 0.25) is 5.95 Å². The van der Waals surface area contributed by atoms with E-state index in [2.05, 4.69) is 20.0 Å². The number of fused-ring (bicyclic) bond motifs is 1. The number of nitrogens with one attached hydrogen (secondary N) is 1. The summed E-state index contributed by atoms with van der Waals surface area (Å²) in [5.41, 5.74) is 1.29. The molecule has 0 bridgehead atoms. The molecular formula is C13H10N4O3S. The highest BCUT2D eigenvalue weighted by Gasteiger charge is 2.15. The van der Waals surface area contributed by atoms with Gasteiger partial charge in [-0.3, -0.25) is 14.5 Å². The van der Waals surface area contributed by atoms with Crippen molar-refractivity contribution >= 4 is 35.3 Å². The van der Waals surface area contributed by atoms with Gasteiger partial charge in [0, 0.05) is 11.8 Å². The van der Waals surface area contributed by atoms with Crippen LogP contribution < -0.4 is 5.32 Å². The van der Waals surface area contributed by atoms with E-state index in [4.69, 9.17) is 0 Å². The van der Waals surface area contributed by atoms with Gasteiger partial charge in [0.25, 0.3) is 0 Å². The number of thiophene rings is 1. The van der Waals surface area contributed by atoms with Gasteiger partial charge in [-0.2, -0.15) is 9.97 Å². The third kappa shape index (κ3) is 2.36. The SMILES string of the molecule is COC(=O)Nc1nc(-c2ccsc2C=O)n2cccc2n1. The first-order valence-corrected chi connectivity index (χ1v) is 6.84. The van der Waals surface area contributed by atoms with E-state index in [1.165, 1.54) is 18.4 Å². The Morgan fingerprint density at radius 1 is 1.43 bits per heavy atom. The van der Waals surface area contributed by atoms with Crippen molar-refractivity contribution in [1.29, 1.82) is 0 Å². The third-order valence-electron chi connectivity index (χ3n) is 2.83. The van der Waals surface area contributed by atoms with Crippen LogP contribution in [0.4, 0.5) is 10.7 Å². The second-order valence-electron chi connectivity index (χ2n) is 4.04. The fourth-order valence-electron chi connectivity index (χ4n) is 1.91. The lowest BCUT2D eigenvalue weighted by molar-refractivity contribution is 0.112. The fraction of sp³-hybridized carbons (Fsp3) is 0.0769. The number of anilines is 1. The second kappa shape index (κ2) is 5.33. The summed E-state index contributed by atoms with van der Waals surface area (Å²) in [7, 11) is 1.26. The van der Waals surface area contributed by atoms with Crippen molar-refractivity contribution in [3.05, 3.63) is 34.7 Å². The summed E-state index contributed by atoms with van der Waals surface area (Å²) < 4.78 is 6.28. The Balaban J connectivity index is 2.18. The molecule has 0 fully saturated rings. The number of ether oxygens (including phenoxy) is 1. The Bertz CT molecular complexity index is 824. The summed E-state index contributed by atoms with van der Waals surface area (Å²) in [5.74, 6) is 0.644. The van der Waals surface area contributed by atoms with E-state index >= 15 is 0 Å². The van der Waals surface area contributed by atoms with Gasteiger partial charge in [-0.1, -0.05) is 0 Å². The maximum Gasteiger partial charge on any atom is 0.413 e. The molecule has 0 aliphatic rings. The number of carbonyl (C=O) groups is 2. The Morgan fingerprint density at radius 2 is 2.29 bits per heavy atom. The number of nitrogens with zero attached hydrogens (tertiary/aromatic N) is 3. The molecule has 3 aromatic heterocycles. The van der Waals surface area contributed by atoms with E-state index in [-0.39, 0.29) is 5.95 Å². The Labute approximate surface area is 123 Å². The molecule has 3 heterocycles. The number of hydrogen-bond donors (Lipinski definition) is 1. The quantitative estimate of drug-likeness (QED) is 0.751. The minimum Gasteiger partial charge on any atom is -0.453 e. The van der Waals surface area contributed by atoms with Crippen molar-refractivity contribution in [3.63, 3.8) is 0 Å². The number of hydrogen-bond acceptors (Lipinski definition) is 6. The van der Waals surface area contributed by atoms with Gasteiger partial charge in [0.1, 0.15) is 5.65 Å². The summed E-state index contributed by atoms with van der Waals surface area (Å²) in [6, 6.07) is 5.39. The second-order valence-corrected chi connectivity index (χ2v) is 4.99. The predicted octanol–water partition coefficient (Wildman–Crippen LogP) is 2.45. The molecule has 7 nitrogen and oxygen atoms in total. The summed E-state index contributed by atoms with van der Waals surface area (Å²) in [6.07, 6.45) is 1.92. The summed E-state index contributed by atoms with van der Waals surface area (Å²) >= 11 is 1.33. The first-order valence-electron chi connectivity index (χ1n) is 5.96. The third-order valence-corrected chi connectivity index (χ3v) is 3.67. The molecule has 3 aromatic rings. The first-order chi connectivity index (χ1) is 10.2. The highest BCUT2D eigenvalue weighted by atomic mass is 32.1. The van der Waals surface area contributed by atoms with Crippen molar-refractivity contribution in [1.82, 2.24) is 14.4 Å². The molecule has 8 heteroatoms. The van der Waals surface area contributed by atoms with Crippen LogP contribution >= 0.6 is 11.3 Å². The topological polar surface area (TPSA) is 85.6 Å². The average Bonchev–Trinajstić information content (AvgIpc) is 3.14. The van der Waals surface area contributed by atoms with E-state index in [0.717, 1.165) is 6.29 Å². The monoisotopic (exact) mass is 302 g/mol. The Kier molecular flexibility index (Phi) is 3.36.